The van der Waals surface area contributed by atoms with Crippen molar-refractivity contribution in [1.29, 1.82) is 0 Å². The minimum Gasteiger partial charge on any atom is -0.306 e. The summed E-state index contributed by atoms with van der Waals surface area (Å²) < 4.78 is 2.84. The Morgan fingerprint density at radius 1 is 1.67 bits per heavy atom. The van der Waals surface area contributed by atoms with E-state index in [1.54, 1.807) is 6.20 Å². The Morgan fingerprint density at radius 3 is 3.25 bits per heavy atom. The Hall–Kier alpha value is -0.900. The second-order valence-electron chi connectivity index (χ2n) is 2.45. The first-order chi connectivity index (χ1) is 5.81. The molecule has 0 atom stereocenters. The number of hydrogen-bond acceptors (Lipinski definition) is 2. The van der Waals surface area contributed by atoms with Gasteiger partial charge in [-0.05, 0) is 28.9 Å². The Bertz CT molecular complexity index is 408. The van der Waals surface area contributed by atoms with Crippen LogP contribution < -0.4 is 0 Å². The zero-order chi connectivity index (χ0) is 8.55. The normalized spacial score (nSPS) is 10.8. The van der Waals surface area contributed by atoms with Gasteiger partial charge in [-0.3, -0.25) is 0 Å². The van der Waals surface area contributed by atoms with Crippen molar-refractivity contribution in [2.24, 2.45) is 0 Å². The SMILES string of the molecule is CCn1[c]nc2cc(Br)cnc21. The predicted molar refractivity (Wildman–Crippen MR) is 49.7 cm³/mol. The average Bonchev–Trinajstić information content (AvgIpc) is 2.46. The van der Waals surface area contributed by atoms with Crippen LogP contribution in [-0.2, 0) is 6.54 Å². The van der Waals surface area contributed by atoms with Gasteiger partial charge in [0.15, 0.2) is 12.0 Å². The number of hydrogen-bond donors (Lipinski definition) is 0. The van der Waals surface area contributed by atoms with E-state index in [0.29, 0.717) is 0 Å². The second kappa shape index (κ2) is 2.86. The Kier molecular flexibility index (Phi) is 1.84. The minimum atomic E-state index is 0.852. The summed E-state index contributed by atoms with van der Waals surface area (Å²) in [6.07, 6.45) is 4.64. The topological polar surface area (TPSA) is 30.7 Å². The molecule has 0 saturated carbocycles. The number of pyridine rings is 1. The Balaban J connectivity index is 2.73. The average molecular weight is 225 g/mol. The summed E-state index contributed by atoms with van der Waals surface area (Å²) in [5, 5.41) is 0. The zero-order valence-electron chi connectivity index (χ0n) is 6.58. The summed E-state index contributed by atoms with van der Waals surface area (Å²) in [4.78, 5) is 8.33. The largest absolute Gasteiger partial charge is 0.306 e. The van der Waals surface area contributed by atoms with Gasteiger partial charge in [0.05, 0.1) is 0 Å². The van der Waals surface area contributed by atoms with E-state index >= 15 is 0 Å². The molecule has 0 bridgehead atoms. The highest BCUT2D eigenvalue weighted by molar-refractivity contribution is 9.10. The lowest BCUT2D eigenvalue weighted by Crippen LogP contribution is -1.92. The second-order valence-corrected chi connectivity index (χ2v) is 3.37. The van der Waals surface area contributed by atoms with Crippen molar-refractivity contribution in [3.05, 3.63) is 23.1 Å². The van der Waals surface area contributed by atoms with Crippen molar-refractivity contribution in [3.63, 3.8) is 0 Å². The molecule has 2 rings (SSSR count). The minimum absolute atomic E-state index is 0.852. The maximum absolute atomic E-state index is 4.23. The fraction of sp³-hybridized carbons (Fsp3) is 0.250. The van der Waals surface area contributed by atoms with Crippen molar-refractivity contribution in [2.45, 2.75) is 13.5 Å². The van der Waals surface area contributed by atoms with Gasteiger partial charge < -0.3 is 4.57 Å². The van der Waals surface area contributed by atoms with Gasteiger partial charge >= 0.3 is 0 Å². The van der Waals surface area contributed by atoms with Crippen LogP contribution in [0.5, 0.6) is 0 Å². The number of aryl methyl sites for hydroxylation is 1. The number of imidazole rings is 1. The van der Waals surface area contributed by atoms with E-state index in [9.17, 15) is 0 Å². The van der Waals surface area contributed by atoms with Gasteiger partial charge in [0, 0.05) is 17.2 Å². The molecule has 0 amide bonds. The lowest BCUT2D eigenvalue weighted by molar-refractivity contribution is 0.771. The van der Waals surface area contributed by atoms with Crippen LogP contribution in [0.4, 0.5) is 0 Å². The summed E-state index contributed by atoms with van der Waals surface area (Å²) in [5.74, 6) is 0. The molecule has 61 valence electrons. The summed E-state index contributed by atoms with van der Waals surface area (Å²) in [5.41, 5.74) is 1.77. The molecule has 2 aromatic rings. The standard InChI is InChI=1S/C8H7BrN3/c1-2-12-5-11-7-3-6(9)4-10-8(7)12/h3-4H,2H2,1H3. The maximum Gasteiger partial charge on any atom is 0.178 e. The third-order valence-corrected chi connectivity index (χ3v) is 2.11. The molecule has 0 aliphatic heterocycles. The fourth-order valence-electron chi connectivity index (χ4n) is 1.09. The van der Waals surface area contributed by atoms with Gasteiger partial charge in [-0.1, -0.05) is 0 Å². The first-order valence-corrected chi connectivity index (χ1v) is 4.50. The smallest absolute Gasteiger partial charge is 0.178 e. The molecule has 0 unspecified atom stereocenters. The molecule has 0 fully saturated rings. The molecule has 1 radical (unpaired) electrons. The molecule has 0 aliphatic carbocycles. The highest BCUT2D eigenvalue weighted by Gasteiger charge is 2.02. The van der Waals surface area contributed by atoms with Crippen LogP contribution in [0.3, 0.4) is 0 Å². The van der Waals surface area contributed by atoms with Crippen LogP contribution in [0, 0.1) is 6.33 Å². The zero-order valence-corrected chi connectivity index (χ0v) is 8.17. The first kappa shape index (κ1) is 7.73. The monoisotopic (exact) mass is 224 g/mol. The lowest BCUT2D eigenvalue weighted by Gasteiger charge is -1.95. The van der Waals surface area contributed by atoms with E-state index in [2.05, 4.69) is 32.2 Å². The quantitative estimate of drug-likeness (QED) is 0.743. The molecular formula is C8H7BrN3. The predicted octanol–water partition coefficient (Wildman–Crippen LogP) is 2.01. The van der Waals surface area contributed by atoms with Gasteiger partial charge in [0.2, 0.25) is 0 Å². The van der Waals surface area contributed by atoms with E-state index in [0.717, 1.165) is 22.2 Å². The number of fused-ring (bicyclic) bond motifs is 1. The fourth-order valence-corrected chi connectivity index (χ4v) is 1.41. The van der Waals surface area contributed by atoms with E-state index < -0.39 is 0 Å². The Labute approximate surface area is 78.6 Å². The first-order valence-electron chi connectivity index (χ1n) is 3.70. The van der Waals surface area contributed by atoms with Crippen LogP contribution in [-0.4, -0.2) is 14.5 Å². The summed E-state index contributed by atoms with van der Waals surface area (Å²) >= 11 is 3.34. The van der Waals surface area contributed by atoms with E-state index in [-0.39, 0.29) is 0 Å². The number of aromatic nitrogens is 3. The highest BCUT2D eigenvalue weighted by Crippen LogP contribution is 2.14. The van der Waals surface area contributed by atoms with Gasteiger partial charge in [0.1, 0.15) is 5.52 Å². The summed E-state index contributed by atoms with van der Waals surface area (Å²) in [6, 6.07) is 1.94. The number of halogens is 1. The number of nitrogens with zero attached hydrogens (tertiary/aromatic N) is 3. The Morgan fingerprint density at radius 2 is 2.50 bits per heavy atom. The van der Waals surface area contributed by atoms with Crippen LogP contribution in [0.25, 0.3) is 11.2 Å². The molecule has 12 heavy (non-hydrogen) atoms. The lowest BCUT2D eigenvalue weighted by atomic mass is 10.4. The number of rotatable bonds is 1. The third-order valence-electron chi connectivity index (χ3n) is 1.68. The molecule has 2 heterocycles. The van der Waals surface area contributed by atoms with Gasteiger partial charge in [-0.15, -0.1) is 0 Å². The van der Waals surface area contributed by atoms with Gasteiger partial charge in [-0.2, -0.15) is 0 Å². The molecule has 0 saturated heterocycles. The summed E-state index contributed by atoms with van der Waals surface area (Å²) in [7, 11) is 0. The van der Waals surface area contributed by atoms with E-state index in [4.69, 9.17) is 0 Å². The molecular weight excluding hydrogens is 218 g/mol. The maximum atomic E-state index is 4.23. The van der Waals surface area contributed by atoms with Crippen LogP contribution in [0.15, 0.2) is 16.7 Å². The molecule has 3 nitrogen and oxygen atoms in total. The van der Waals surface area contributed by atoms with Gasteiger partial charge in [-0.25, -0.2) is 9.97 Å². The molecule has 4 heteroatoms. The highest BCUT2D eigenvalue weighted by atomic mass is 79.9. The van der Waals surface area contributed by atoms with E-state index in [1.165, 1.54) is 0 Å². The van der Waals surface area contributed by atoms with Crippen LogP contribution >= 0.6 is 15.9 Å². The van der Waals surface area contributed by atoms with Crippen LogP contribution in [0.1, 0.15) is 6.92 Å². The van der Waals surface area contributed by atoms with Crippen molar-refractivity contribution in [3.8, 4) is 0 Å². The van der Waals surface area contributed by atoms with Crippen molar-refractivity contribution >= 4 is 27.1 Å². The van der Waals surface area contributed by atoms with Crippen LogP contribution in [0.2, 0.25) is 0 Å². The molecule has 0 spiro atoms. The van der Waals surface area contributed by atoms with E-state index in [1.807, 2.05) is 17.6 Å². The molecule has 2 aromatic heterocycles. The van der Waals surface area contributed by atoms with Gasteiger partial charge in [0.25, 0.3) is 0 Å². The summed E-state index contributed by atoms with van der Waals surface area (Å²) in [6.45, 7) is 2.90. The third kappa shape index (κ3) is 1.12. The van der Waals surface area contributed by atoms with Crippen molar-refractivity contribution in [1.82, 2.24) is 14.5 Å². The molecule has 0 aromatic carbocycles. The molecule has 0 N–H and O–H groups in total. The molecule has 0 aliphatic rings. The van der Waals surface area contributed by atoms with Crippen molar-refractivity contribution in [2.75, 3.05) is 0 Å². The van der Waals surface area contributed by atoms with Crippen molar-refractivity contribution < 1.29 is 0 Å².